The molecule has 2 aromatic heterocycles. The Morgan fingerprint density at radius 1 is 1.28 bits per heavy atom. The van der Waals surface area contributed by atoms with E-state index in [9.17, 15) is 4.79 Å². The molecule has 1 aliphatic carbocycles. The van der Waals surface area contributed by atoms with Crippen molar-refractivity contribution < 1.29 is 4.79 Å². The molecule has 0 atom stereocenters. The third kappa shape index (κ3) is 2.50. The number of aromatic nitrogens is 2. The van der Waals surface area contributed by atoms with Gasteiger partial charge in [-0.25, -0.2) is 0 Å². The Morgan fingerprint density at radius 3 is 2.78 bits per heavy atom. The zero-order chi connectivity index (χ0) is 12.4. The molecule has 0 spiro atoms. The monoisotopic (exact) mass is 240 g/mol. The van der Waals surface area contributed by atoms with E-state index >= 15 is 0 Å². The Morgan fingerprint density at radius 2 is 2.06 bits per heavy atom. The summed E-state index contributed by atoms with van der Waals surface area (Å²) in [6.07, 6.45) is 10.7. The van der Waals surface area contributed by atoms with Gasteiger partial charge >= 0.3 is 0 Å². The molecule has 92 valence electrons. The first-order valence-electron chi connectivity index (χ1n) is 6.42. The van der Waals surface area contributed by atoms with Crippen LogP contribution in [0.2, 0.25) is 0 Å². The number of carbonyl (C=O) groups excluding carboxylic acids is 1. The lowest BCUT2D eigenvalue weighted by Crippen LogP contribution is -2.01. The van der Waals surface area contributed by atoms with E-state index in [0.29, 0.717) is 11.7 Å². The molecule has 0 amide bonds. The fraction of sp³-hybridized carbons (Fsp3) is 0.333. The number of Topliss-reactive ketones (excluding diaryl/α,β-unsaturated/α-hetero) is 1. The van der Waals surface area contributed by atoms with Crippen molar-refractivity contribution in [1.29, 1.82) is 0 Å². The molecule has 0 unspecified atom stereocenters. The first-order chi connectivity index (χ1) is 8.83. The second kappa shape index (κ2) is 4.77. The van der Waals surface area contributed by atoms with Gasteiger partial charge < -0.3 is 4.57 Å². The smallest absolute Gasteiger partial charge is 0.167 e. The molecule has 2 aromatic rings. The molecule has 1 saturated carbocycles. The second-order valence-electron chi connectivity index (χ2n) is 4.88. The maximum atomic E-state index is 11.9. The Hall–Kier alpha value is -1.90. The van der Waals surface area contributed by atoms with Crippen LogP contribution in [0.15, 0.2) is 43.0 Å². The molecule has 0 N–H and O–H groups in total. The van der Waals surface area contributed by atoms with Crippen LogP contribution in [0.4, 0.5) is 0 Å². The van der Waals surface area contributed by atoms with Crippen molar-refractivity contribution in [1.82, 2.24) is 9.55 Å². The summed E-state index contributed by atoms with van der Waals surface area (Å²) in [6.45, 7) is 0.905. The third-order valence-electron chi connectivity index (χ3n) is 3.39. The third-order valence-corrected chi connectivity index (χ3v) is 3.39. The number of ketones is 1. The highest BCUT2D eigenvalue weighted by Crippen LogP contribution is 2.32. The summed E-state index contributed by atoms with van der Waals surface area (Å²) in [6, 6.07) is 5.99. The van der Waals surface area contributed by atoms with Crippen LogP contribution >= 0.6 is 0 Å². The number of pyridine rings is 1. The molecule has 18 heavy (non-hydrogen) atoms. The standard InChI is InChI=1S/C15H16N2O/c18-15(13-1-2-13)14-6-10-17(11-14)9-5-12-3-7-16-8-4-12/h3-4,6-8,10-11,13H,1-2,5,9H2. The van der Waals surface area contributed by atoms with E-state index < -0.39 is 0 Å². The number of rotatable bonds is 5. The summed E-state index contributed by atoms with van der Waals surface area (Å²) in [5.74, 6) is 0.624. The van der Waals surface area contributed by atoms with Gasteiger partial charge in [0.25, 0.3) is 0 Å². The molecule has 0 aromatic carbocycles. The zero-order valence-electron chi connectivity index (χ0n) is 10.2. The first-order valence-corrected chi connectivity index (χ1v) is 6.42. The van der Waals surface area contributed by atoms with Gasteiger partial charge in [0.05, 0.1) is 0 Å². The van der Waals surface area contributed by atoms with Gasteiger partial charge in [0.15, 0.2) is 5.78 Å². The molecule has 1 fully saturated rings. The van der Waals surface area contributed by atoms with Crippen LogP contribution in [-0.4, -0.2) is 15.3 Å². The van der Waals surface area contributed by atoms with Gasteiger partial charge in [-0.15, -0.1) is 0 Å². The number of nitrogens with zero attached hydrogens (tertiary/aromatic N) is 2. The molecule has 0 bridgehead atoms. The van der Waals surface area contributed by atoms with Crippen LogP contribution in [0.25, 0.3) is 0 Å². The van der Waals surface area contributed by atoms with Gasteiger partial charge in [-0.3, -0.25) is 9.78 Å². The number of carbonyl (C=O) groups is 1. The predicted molar refractivity (Wildman–Crippen MR) is 69.4 cm³/mol. The molecule has 3 rings (SSSR count). The van der Waals surface area contributed by atoms with Crippen LogP contribution in [0.1, 0.15) is 28.8 Å². The summed E-state index contributed by atoms with van der Waals surface area (Å²) in [5.41, 5.74) is 2.14. The number of hydrogen-bond donors (Lipinski definition) is 0. The summed E-state index contributed by atoms with van der Waals surface area (Å²) in [7, 11) is 0. The average molecular weight is 240 g/mol. The van der Waals surface area contributed by atoms with Crippen LogP contribution in [-0.2, 0) is 13.0 Å². The molecule has 1 aliphatic rings. The quantitative estimate of drug-likeness (QED) is 0.753. The first kappa shape index (κ1) is 11.2. The summed E-state index contributed by atoms with van der Waals surface area (Å²) >= 11 is 0. The van der Waals surface area contributed by atoms with Crippen molar-refractivity contribution in [3.63, 3.8) is 0 Å². The number of aryl methyl sites for hydroxylation is 2. The summed E-state index contributed by atoms with van der Waals surface area (Å²) < 4.78 is 2.09. The predicted octanol–water partition coefficient (Wildman–Crippen LogP) is 2.72. The van der Waals surface area contributed by atoms with Gasteiger partial charge in [0, 0.05) is 42.8 Å². The topological polar surface area (TPSA) is 34.9 Å². The fourth-order valence-corrected chi connectivity index (χ4v) is 2.11. The van der Waals surface area contributed by atoms with Crippen LogP contribution in [0, 0.1) is 5.92 Å². The molecule has 0 saturated heterocycles. The van der Waals surface area contributed by atoms with Crippen LogP contribution < -0.4 is 0 Å². The van der Waals surface area contributed by atoms with Crippen molar-refractivity contribution in [3.05, 3.63) is 54.1 Å². The lowest BCUT2D eigenvalue weighted by Gasteiger charge is -2.02. The van der Waals surface area contributed by atoms with Crippen molar-refractivity contribution in [3.8, 4) is 0 Å². The summed E-state index contributed by atoms with van der Waals surface area (Å²) in [4.78, 5) is 15.9. The highest BCUT2D eigenvalue weighted by molar-refractivity contribution is 5.99. The van der Waals surface area contributed by atoms with E-state index in [1.54, 1.807) is 0 Å². The van der Waals surface area contributed by atoms with Gasteiger partial charge in [0.1, 0.15) is 0 Å². The van der Waals surface area contributed by atoms with Crippen molar-refractivity contribution in [2.45, 2.75) is 25.8 Å². The highest BCUT2D eigenvalue weighted by Gasteiger charge is 2.30. The van der Waals surface area contributed by atoms with E-state index in [1.165, 1.54) is 5.56 Å². The van der Waals surface area contributed by atoms with Crippen molar-refractivity contribution in [2.24, 2.45) is 5.92 Å². The zero-order valence-corrected chi connectivity index (χ0v) is 10.2. The molecule has 3 nitrogen and oxygen atoms in total. The van der Waals surface area contributed by atoms with E-state index in [4.69, 9.17) is 0 Å². The Bertz CT molecular complexity index is 541. The molecular formula is C15H16N2O. The Labute approximate surface area is 106 Å². The van der Waals surface area contributed by atoms with E-state index in [1.807, 2.05) is 43.0 Å². The normalized spacial score (nSPS) is 14.7. The van der Waals surface area contributed by atoms with E-state index in [-0.39, 0.29) is 0 Å². The van der Waals surface area contributed by atoms with Gasteiger partial charge in [-0.05, 0) is 43.0 Å². The van der Waals surface area contributed by atoms with Crippen LogP contribution in [0.3, 0.4) is 0 Å². The molecular weight excluding hydrogens is 224 g/mol. The lowest BCUT2D eigenvalue weighted by molar-refractivity contribution is 0.0967. The largest absolute Gasteiger partial charge is 0.353 e. The summed E-state index contributed by atoms with van der Waals surface area (Å²) in [5, 5.41) is 0. The minimum absolute atomic E-state index is 0.307. The van der Waals surface area contributed by atoms with E-state index in [0.717, 1.165) is 31.4 Å². The minimum Gasteiger partial charge on any atom is -0.353 e. The number of hydrogen-bond acceptors (Lipinski definition) is 2. The van der Waals surface area contributed by atoms with Gasteiger partial charge in [0.2, 0.25) is 0 Å². The van der Waals surface area contributed by atoms with Gasteiger partial charge in [-0.2, -0.15) is 0 Å². The Balaban J connectivity index is 1.61. The molecule has 2 heterocycles. The van der Waals surface area contributed by atoms with Crippen molar-refractivity contribution >= 4 is 5.78 Å². The molecule has 3 heteroatoms. The van der Waals surface area contributed by atoms with Crippen LogP contribution in [0.5, 0.6) is 0 Å². The van der Waals surface area contributed by atoms with Gasteiger partial charge in [-0.1, -0.05) is 0 Å². The molecule has 0 aliphatic heterocycles. The van der Waals surface area contributed by atoms with Crippen molar-refractivity contribution in [2.75, 3.05) is 0 Å². The SMILES string of the molecule is O=C(c1ccn(CCc2ccncc2)c1)C1CC1. The lowest BCUT2D eigenvalue weighted by atomic mass is 10.1. The fourth-order valence-electron chi connectivity index (χ4n) is 2.11. The Kier molecular flexibility index (Phi) is 2.97. The maximum absolute atomic E-state index is 11.9. The van der Waals surface area contributed by atoms with E-state index in [2.05, 4.69) is 9.55 Å². The minimum atomic E-state index is 0.307. The average Bonchev–Trinajstić information content (AvgIpc) is 3.15. The molecule has 0 radical (unpaired) electrons. The second-order valence-corrected chi connectivity index (χ2v) is 4.88. The maximum Gasteiger partial charge on any atom is 0.167 e. The highest BCUT2D eigenvalue weighted by atomic mass is 16.1.